The molecule has 9 N–H and O–H groups in total. The Kier molecular flexibility index (Phi) is 12.6. The highest BCUT2D eigenvalue weighted by Crippen LogP contribution is 2.08. The molecule has 0 aliphatic rings. The summed E-state index contributed by atoms with van der Waals surface area (Å²) in [6.07, 6.45) is -0.658. The topological polar surface area (TPSA) is 231 Å². The van der Waals surface area contributed by atoms with Crippen molar-refractivity contribution in [1.29, 1.82) is 0 Å². The molecule has 0 saturated heterocycles. The van der Waals surface area contributed by atoms with Crippen LogP contribution in [0.2, 0.25) is 0 Å². The lowest BCUT2D eigenvalue weighted by Gasteiger charge is -2.25. The Morgan fingerprint density at radius 3 is 1.72 bits per heavy atom. The first kappa shape index (κ1) is 28.8. The number of aliphatic carboxylic acids is 2. The van der Waals surface area contributed by atoms with E-state index < -0.39 is 66.2 Å². The third-order valence-corrected chi connectivity index (χ3v) is 4.88. The van der Waals surface area contributed by atoms with Crippen molar-refractivity contribution >= 4 is 35.6 Å². The average molecular weight is 460 g/mol. The van der Waals surface area contributed by atoms with E-state index in [0.29, 0.717) is 6.42 Å². The minimum Gasteiger partial charge on any atom is -0.481 e. The minimum atomic E-state index is -1.34. The van der Waals surface area contributed by atoms with Crippen LogP contribution in [0.3, 0.4) is 0 Å². The molecule has 0 aromatic heterocycles. The quantitative estimate of drug-likeness (QED) is 0.144. The molecule has 5 unspecified atom stereocenters. The molecule has 13 nitrogen and oxygen atoms in total. The summed E-state index contributed by atoms with van der Waals surface area (Å²) >= 11 is 0. The molecule has 0 aliphatic heterocycles. The van der Waals surface area contributed by atoms with Crippen molar-refractivity contribution in [2.75, 3.05) is 0 Å². The second kappa shape index (κ2) is 14.0. The lowest BCUT2D eigenvalue weighted by molar-refractivity contribution is -0.142. The summed E-state index contributed by atoms with van der Waals surface area (Å²) < 4.78 is 0. The molecule has 0 rings (SSSR count). The fraction of sp³-hybridized carbons (Fsp3) is 0.684. The van der Waals surface area contributed by atoms with E-state index in [9.17, 15) is 28.8 Å². The highest BCUT2D eigenvalue weighted by atomic mass is 16.4. The zero-order valence-corrected chi connectivity index (χ0v) is 18.4. The third kappa shape index (κ3) is 10.7. The molecule has 182 valence electrons. The van der Waals surface area contributed by atoms with Gasteiger partial charge >= 0.3 is 11.9 Å². The monoisotopic (exact) mass is 459 g/mol. The van der Waals surface area contributed by atoms with E-state index in [1.807, 2.05) is 6.92 Å². The van der Waals surface area contributed by atoms with Crippen molar-refractivity contribution in [3.8, 4) is 0 Å². The van der Waals surface area contributed by atoms with Crippen LogP contribution in [0.4, 0.5) is 0 Å². The zero-order valence-electron chi connectivity index (χ0n) is 18.4. The highest BCUT2D eigenvalue weighted by Gasteiger charge is 2.30. The van der Waals surface area contributed by atoms with Gasteiger partial charge in [0, 0.05) is 12.8 Å². The molecule has 0 radical (unpaired) electrons. The number of carbonyl (C=O) groups excluding carboxylic acids is 4. The van der Waals surface area contributed by atoms with E-state index in [1.54, 1.807) is 6.92 Å². The Hall–Kier alpha value is -3.22. The van der Waals surface area contributed by atoms with E-state index >= 15 is 0 Å². The molecule has 0 spiro atoms. The molecule has 0 bridgehead atoms. The van der Waals surface area contributed by atoms with Crippen LogP contribution in [0.15, 0.2) is 0 Å². The van der Waals surface area contributed by atoms with Gasteiger partial charge in [0.25, 0.3) is 0 Å². The van der Waals surface area contributed by atoms with Gasteiger partial charge in [-0.1, -0.05) is 20.3 Å². The first-order valence-electron chi connectivity index (χ1n) is 10.2. The summed E-state index contributed by atoms with van der Waals surface area (Å²) in [5, 5.41) is 24.8. The number of carboxylic acid groups (broad SMARTS) is 2. The molecule has 0 fully saturated rings. The number of rotatable bonds is 15. The van der Waals surface area contributed by atoms with Crippen molar-refractivity contribution in [1.82, 2.24) is 16.0 Å². The Morgan fingerprint density at radius 2 is 1.28 bits per heavy atom. The van der Waals surface area contributed by atoms with Crippen molar-refractivity contribution < 1.29 is 39.0 Å². The van der Waals surface area contributed by atoms with Crippen LogP contribution in [-0.4, -0.2) is 69.9 Å². The van der Waals surface area contributed by atoms with Gasteiger partial charge in [-0.3, -0.25) is 28.8 Å². The van der Waals surface area contributed by atoms with Crippen molar-refractivity contribution in [3.63, 3.8) is 0 Å². The van der Waals surface area contributed by atoms with Gasteiger partial charge in [0.2, 0.25) is 23.6 Å². The lowest BCUT2D eigenvalue weighted by atomic mass is 9.98. The minimum absolute atomic E-state index is 0.204. The summed E-state index contributed by atoms with van der Waals surface area (Å²) in [7, 11) is 0. The second-order valence-corrected chi connectivity index (χ2v) is 7.54. The number of nitrogens with two attached hydrogens (primary N) is 2. The van der Waals surface area contributed by atoms with Crippen LogP contribution in [-0.2, 0) is 28.8 Å². The van der Waals surface area contributed by atoms with Crippen molar-refractivity contribution in [2.45, 2.75) is 77.0 Å². The van der Waals surface area contributed by atoms with Gasteiger partial charge in [0.05, 0.1) is 6.04 Å². The molecule has 13 heteroatoms. The SMILES string of the molecule is CCC(C)C(N)C(=O)NC(CCC(=O)O)C(=O)NC(CCC(N)=O)C(=O)NC(C)C(=O)O. The fourth-order valence-corrected chi connectivity index (χ4v) is 2.52. The van der Waals surface area contributed by atoms with Crippen LogP contribution < -0.4 is 27.4 Å². The Bertz CT molecular complexity index is 714. The van der Waals surface area contributed by atoms with E-state index in [1.165, 1.54) is 6.92 Å². The smallest absolute Gasteiger partial charge is 0.325 e. The number of hydrogen-bond donors (Lipinski definition) is 7. The number of carboxylic acids is 2. The van der Waals surface area contributed by atoms with E-state index in [0.717, 1.165) is 0 Å². The van der Waals surface area contributed by atoms with Gasteiger partial charge in [-0.15, -0.1) is 0 Å². The first-order chi connectivity index (χ1) is 14.8. The molecule has 5 atom stereocenters. The summed E-state index contributed by atoms with van der Waals surface area (Å²) in [5.41, 5.74) is 10.9. The standard InChI is InChI=1S/C19H33N5O8/c1-4-9(2)15(21)18(30)24-12(6-8-14(26)27)17(29)23-11(5-7-13(20)25)16(28)22-10(3)19(31)32/h9-12,15H,4-8,21H2,1-3H3,(H2,20,25)(H,22,28)(H,23,29)(H,24,30)(H,26,27)(H,31,32). The normalized spacial score (nSPS) is 15.4. The predicted molar refractivity (Wildman–Crippen MR) is 112 cm³/mol. The Balaban J connectivity index is 5.51. The molecule has 0 aromatic carbocycles. The number of hydrogen-bond acceptors (Lipinski definition) is 7. The van der Waals surface area contributed by atoms with Crippen LogP contribution in [0, 0.1) is 5.92 Å². The molecular formula is C19H33N5O8. The summed E-state index contributed by atoms with van der Waals surface area (Å²) in [6, 6.07) is -4.88. The molecule has 32 heavy (non-hydrogen) atoms. The predicted octanol–water partition coefficient (Wildman–Crippen LogP) is -1.95. The number of carbonyl (C=O) groups is 6. The third-order valence-electron chi connectivity index (χ3n) is 4.88. The lowest BCUT2D eigenvalue weighted by Crippen LogP contribution is -2.57. The fourth-order valence-electron chi connectivity index (χ4n) is 2.52. The van der Waals surface area contributed by atoms with E-state index in [2.05, 4.69) is 16.0 Å². The van der Waals surface area contributed by atoms with Gasteiger partial charge in [-0.05, 0) is 25.7 Å². The molecule has 0 heterocycles. The van der Waals surface area contributed by atoms with Gasteiger partial charge in [-0.25, -0.2) is 0 Å². The summed E-state index contributed by atoms with van der Waals surface area (Å²) in [4.78, 5) is 70.6. The molecule has 0 saturated carbocycles. The molecule has 0 aliphatic carbocycles. The number of nitrogens with one attached hydrogen (secondary N) is 3. The van der Waals surface area contributed by atoms with E-state index in [-0.39, 0.29) is 25.2 Å². The summed E-state index contributed by atoms with van der Waals surface area (Å²) in [5.74, 6) is -5.91. The van der Waals surface area contributed by atoms with E-state index in [4.69, 9.17) is 21.7 Å². The highest BCUT2D eigenvalue weighted by molar-refractivity contribution is 5.94. The van der Waals surface area contributed by atoms with Crippen LogP contribution in [0.25, 0.3) is 0 Å². The second-order valence-electron chi connectivity index (χ2n) is 7.54. The maximum absolute atomic E-state index is 12.8. The zero-order chi connectivity index (χ0) is 25.0. The van der Waals surface area contributed by atoms with Gasteiger partial charge in [0.1, 0.15) is 18.1 Å². The van der Waals surface area contributed by atoms with Gasteiger partial charge in [-0.2, -0.15) is 0 Å². The number of amides is 4. The van der Waals surface area contributed by atoms with Crippen LogP contribution >= 0.6 is 0 Å². The van der Waals surface area contributed by atoms with Crippen molar-refractivity contribution in [2.24, 2.45) is 17.4 Å². The summed E-state index contributed by atoms with van der Waals surface area (Å²) in [6.45, 7) is 4.77. The average Bonchev–Trinajstić information content (AvgIpc) is 2.71. The molecule has 4 amide bonds. The number of primary amides is 1. The van der Waals surface area contributed by atoms with Gasteiger partial charge < -0.3 is 37.6 Å². The van der Waals surface area contributed by atoms with Crippen molar-refractivity contribution in [3.05, 3.63) is 0 Å². The maximum Gasteiger partial charge on any atom is 0.325 e. The molecular weight excluding hydrogens is 426 g/mol. The first-order valence-corrected chi connectivity index (χ1v) is 10.2. The Labute approximate surface area is 185 Å². The Morgan fingerprint density at radius 1 is 0.812 bits per heavy atom. The largest absolute Gasteiger partial charge is 0.481 e. The van der Waals surface area contributed by atoms with Gasteiger partial charge in [0.15, 0.2) is 0 Å². The maximum atomic E-state index is 12.8. The molecule has 0 aromatic rings. The van der Waals surface area contributed by atoms with Crippen LogP contribution in [0.5, 0.6) is 0 Å². The van der Waals surface area contributed by atoms with Crippen LogP contribution in [0.1, 0.15) is 52.9 Å².